The van der Waals surface area contributed by atoms with Crippen LogP contribution in [0.25, 0.3) is 99.9 Å². The van der Waals surface area contributed by atoms with E-state index in [2.05, 4.69) is 194 Å². The van der Waals surface area contributed by atoms with Crippen LogP contribution in [0.5, 0.6) is 0 Å². The highest BCUT2D eigenvalue weighted by molar-refractivity contribution is 6.14. The van der Waals surface area contributed by atoms with Crippen molar-refractivity contribution < 1.29 is 0 Å². The van der Waals surface area contributed by atoms with E-state index < -0.39 is 0 Å². The van der Waals surface area contributed by atoms with Crippen molar-refractivity contribution in [1.29, 1.82) is 0 Å². The Bertz CT molecular complexity index is 2970. The van der Waals surface area contributed by atoms with Crippen LogP contribution < -0.4 is 0 Å². The van der Waals surface area contributed by atoms with E-state index in [1.165, 1.54) is 32.8 Å². The van der Waals surface area contributed by atoms with E-state index >= 15 is 0 Å². The summed E-state index contributed by atoms with van der Waals surface area (Å²) in [5.74, 6) is 1.90. The Balaban J connectivity index is 1.17. The number of hydrogen-bond donors (Lipinski definition) is 0. The van der Waals surface area contributed by atoms with Crippen molar-refractivity contribution in [3.8, 4) is 67.5 Å². The first-order valence-electron chi connectivity index (χ1n) is 18.3. The van der Waals surface area contributed by atoms with Crippen molar-refractivity contribution in [2.75, 3.05) is 0 Å². The number of rotatable bonds is 6. The van der Waals surface area contributed by atoms with Crippen LogP contribution in [0, 0.1) is 0 Å². The predicted molar refractivity (Wildman–Crippen MR) is 225 cm³/mol. The van der Waals surface area contributed by atoms with Crippen molar-refractivity contribution in [3.05, 3.63) is 200 Å². The molecule has 1 aromatic heterocycles. The van der Waals surface area contributed by atoms with Crippen molar-refractivity contribution in [2.24, 2.45) is 0 Å². The molecule has 0 unspecified atom stereocenters. The van der Waals surface area contributed by atoms with E-state index in [1.54, 1.807) is 0 Å². The smallest absolute Gasteiger partial charge is 0.164 e. The SMILES string of the molecule is c1ccc(-c2ccc3c(-c4nc(-c5ccc(-c6ccc7ccccc7c6)cc5)nc(-c5ccccc5-c5ccccc5)n4)cc4ccccc4c3c2)cc1. The maximum Gasteiger partial charge on any atom is 0.164 e. The van der Waals surface area contributed by atoms with Gasteiger partial charge in [-0.3, -0.25) is 0 Å². The second kappa shape index (κ2) is 13.4. The molecule has 0 aliphatic heterocycles. The van der Waals surface area contributed by atoms with E-state index in [-0.39, 0.29) is 0 Å². The third-order valence-electron chi connectivity index (χ3n) is 10.3. The average molecular weight is 688 g/mol. The van der Waals surface area contributed by atoms with Gasteiger partial charge in [0.15, 0.2) is 17.5 Å². The zero-order chi connectivity index (χ0) is 35.8. The molecule has 0 N–H and O–H groups in total. The summed E-state index contributed by atoms with van der Waals surface area (Å²) in [6, 6.07) is 70.6. The van der Waals surface area contributed by atoms with Crippen LogP contribution in [0.2, 0.25) is 0 Å². The van der Waals surface area contributed by atoms with Gasteiger partial charge in [-0.25, -0.2) is 15.0 Å². The van der Waals surface area contributed by atoms with Gasteiger partial charge >= 0.3 is 0 Å². The first kappa shape index (κ1) is 31.5. The normalized spacial score (nSPS) is 11.3. The van der Waals surface area contributed by atoms with Gasteiger partial charge in [0.05, 0.1) is 0 Å². The molecule has 0 amide bonds. The van der Waals surface area contributed by atoms with Gasteiger partial charge in [-0.15, -0.1) is 0 Å². The fourth-order valence-corrected chi connectivity index (χ4v) is 7.57. The lowest BCUT2D eigenvalue weighted by Crippen LogP contribution is -2.01. The molecule has 54 heavy (non-hydrogen) atoms. The van der Waals surface area contributed by atoms with Gasteiger partial charge in [-0.1, -0.05) is 182 Å². The van der Waals surface area contributed by atoms with E-state index in [4.69, 9.17) is 15.0 Å². The van der Waals surface area contributed by atoms with Crippen LogP contribution >= 0.6 is 0 Å². The molecule has 1 heterocycles. The van der Waals surface area contributed by atoms with Crippen molar-refractivity contribution >= 4 is 32.3 Å². The molecular weight excluding hydrogens is 655 g/mol. The van der Waals surface area contributed by atoms with Gasteiger partial charge < -0.3 is 0 Å². The van der Waals surface area contributed by atoms with Crippen LogP contribution in [-0.4, -0.2) is 15.0 Å². The zero-order valence-electron chi connectivity index (χ0n) is 29.4. The van der Waals surface area contributed by atoms with Gasteiger partial charge in [-0.2, -0.15) is 0 Å². The van der Waals surface area contributed by atoms with E-state index in [9.17, 15) is 0 Å². The molecule has 0 fully saturated rings. The lowest BCUT2D eigenvalue weighted by molar-refractivity contribution is 1.08. The van der Waals surface area contributed by atoms with E-state index in [0.29, 0.717) is 17.5 Å². The van der Waals surface area contributed by atoms with Crippen molar-refractivity contribution in [1.82, 2.24) is 15.0 Å². The summed E-state index contributed by atoms with van der Waals surface area (Å²) in [6.45, 7) is 0. The monoisotopic (exact) mass is 687 g/mol. The second-order valence-corrected chi connectivity index (χ2v) is 13.6. The van der Waals surface area contributed by atoms with Gasteiger partial charge in [0.25, 0.3) is 0 Å². The standard InChI is InChI=1S/C51H33N3/c1-3-13-34(14-4-1)41-29-30-45-47(32-41)44-21-10-9-19-42(44)33-48(45)51-53-49(52-50(54-51)46-22-12-11-20-43(46)37-16-5-2-6-17-37)38-26-23-36(24-27-38)40-28-25-35-15-7-8-18-39(35)31-40/h1-33H. The summed E-state index contributed by atoms with van der Waals surface area (Å²) in [5, 5.41) is 7.05. The fraction of sp³-hybridized carbons (Fsp3) is 0. The molecule has 10 aromatic rings. The largest absolute Gasteiger partial charge is 0.208 e. The molecule has 0 aliphatic carbocycles. The fourth-order valence-electron chi connectivity index (χ4n) is 7.57. The van der Waals surface area contributed by atoms with Gasteiger partial charge in [0, 0.05) is 16.7 Å². The quantitative estimate of drug-likeness (QED) is 0.163. The lowest BCUT2D eigenvalue weighted by atomic mass is 9.93. The Kier molecular flexibility index (Phi) is 7.81. The number of fused-ring (bicyclic) bond motifs is 4. The molecule has 0 saturated heterocycles. The number of nitrogens with zero attached hydrogens (tertiary/aromatic N) is 3. The third kappa shape index (κ3) is 5.78. The van der Waals surface area contributed by atoms with E-state index in [0.717, 1.165) is 49.5 Å². The average Bonchev–Trinajstić information content (AvgIpc) is 3.26. The Morgan fingerprint density at radius 3 is 1.52 bits per heavy atom. The minimum absolute atomic E-state index is 0.630. The molecule has 10 rings (SSSR count). The minimum Gasteiger partial charge on any atom is -0.208 e. The summed E-state index contributed by atoms with van der Waals surface area (Å²) in [5.41, 5.74) is 9.71. The van der Waals surface area contributed by atoms with Gasteiger partial charge in [0.1, 0.15) is 0 Å². The first-order valence-corrected chi connectivity index (χ1v) is 18.3. The summed E-state index contributed by atoms with van der Waals surface area (Å²) < 4.78 is 0. The third-order valence-corrected chi connectivity index (χ3v) is 10.3. The van der Waals surface area contributed by atoms with Crippen LogP contribution in [-0.2, 0) is 0 Å². The van der Waals surface area contributed by atoms with Gasteiger partial charge in [-0.05, 0) is 83.9 Å². The minimum atomic E-state index is 0.630. The Morgan fingerprint density at radius 1 is 0.222 bits per heavy atom. The maximum absolute atomic E-state index is 5.29. The van der Waals surface area contributed by atoms with Crippen molar-refractivity contribution in [2.45, 2.75) is 0 Å². The van der Waals surface area contributed by atoms with Crippen LogP contribution in [0.4, 0.5) is 0 Å². The lowest BCUT2D eigenvalue weighted by Gasteiger charge is -2.15. The molecule has 3 nitrogen and oxygen atoms in total. The first-order chi connectivity index (χ1) is 26.7. The topological polar surface area (TPSA) is 38.7 Å². The Hall–Kier alpha value is -7.23. The molecule has 0 saturated carbocycles. The zero-order valence-corrected chi connectivity index (χ0v) is 29.4. The Labute approximate surface area is 313 Å². The van der Waals surface area contributed by atoms with Crippen LogP contribution in [0.15, 0.2) is 200 Å². The molecule has 3 heteroatoms. The Morgan fingerprint density at radius 2 is 0.741 bits per heavy atom. The maximum atomic E-state index is 5.29. The molecule has 0 radical (unpaired) electrons. The molecule has 9 aromatic carbocycles. The van der Waals surface area contributed by atoms with Crippen LogP contribution in [0.1, 0.15) is 0 Å². The summed E-state index contributed by atoms with van der Waals surface area (Å²) in [4.78, 5) is 15.8. The van der Waals surface area contributed by atoms with Crippen LogP contribution in [0.3, 0.4) is 0 Å². The summed E-state index contributed by atoms with van der Waals surface area (Å²) >= 11 is 0. The summed E-state index contributed by atoms with van der Waals surface area (Å²) in [6.07, 6.45) is 0. The molecular formula is C51H33N3. The molecule has 252 valence electrons. The van der Waals surface area contributed by atoms with Gasteiger partial charge in [0.2, 0.25) is 0 Å². The second-order valence-electron chi connectivity index (χ2n) is 13.6. The highest BCUT2D eigenvalue weighted by Gasteiger charge is 2.18. The van der Waals surface area contributed by atoms with Crippen molar-refractivity contribution in [3.63, 3.8) is 0 Å². The highest BCUT2D eigenvalue weighted by Crippen LogP contribution is 2.38. The number of aromatic nitrogens is 3. The number of benzene rings is 9. The molecule has 0 bridgehead atoms. The molecule has 0 spiro atoms. The summed E-state index contributed by atoms with van der Waals surface area (Å²) in [7, 11) is 0. The predicted octanol–water partition coefficient (Wildman–Crippen LogP) is 13.3. The number of hydrogen-bond acceptors (Lipinski definition) is 3. The molecule has 0 atom stereocenters. The van der Waals surface area contributed by atoms with E-state index in [1.807, 2.05) is 6.07 Å². The molecule has 0 aliphatic rings. The highest BCUT2D eigenvalue weighted by atomic mass is 15.0.